The maximum atomic E-state index is 13.4. The number of aryl methyl sites for hydroxylation is 2. The summed E-state index contributed by atoms with van der Waals surface area (Å²) in [4.78, 5) is 30.9. The summed E-state index contributed by atoms with van der Waals surface area (Å²) in [6.45, 7) is 5.64. The van der Waals surface area contributed by atoms with Crippen molar-refractivity contribution in [1.82, 2.24) is 9.38 Å². The van der Waals surface area contributed by atoms with Crippen molar-refractivity contribution in [3.63, 3.8) is 0 Å². The van der Waals surface area contributed by atoms with E-state index in [1.165, 1.54) is 23.5 Å². The number of carbonyl (C=O) groups excluding carboxylic acids is 2. The highest BCUT2D eigenvalue weighted by atomic mass is 32.1. The van der Waals surface area contributed by atoms with Gasteiger partial charge in [0.2, 0.25) is 0 Å². The summed E-state index contributed by atoms with van der Waals surface area (Å²) in [5.74, 6) is -1.27. The number of hydrogen-bond acceptors (Lipinski definition) is 5. The van der Waals surface area contributed by atoms with E-state index in [2.05, 4.69) is 10.3 Å². The van der Waals surface area contributed by atoms with E-state index in [0.29, 0.717) is 27.3 Å². The normalized spacial score (nSPS) is 11.0. The Bertz CT molecular complexity index is 1290. The first-order valence-corrected chi connectivity index (χ1v) is 10.5. The Labute approximate surface area is 182 Å². The molecular weight excluding hydrogens is 417 g/mol. The molecule has 31 heavy (non-hydrogen) atoms. The van der Waals surface area contributed by atoms with Gasteiger partial charge in [-0.2, -0.15) is 0 Å². The van der Waals surface area contributed by atoms with Gasteiger partial charge in [0.1, 0.15) is 22.0 Å². The first-order chi connectivity index (χ1) is 14.9. The summed E-state index contributed by atoms with van der Waals surface area (Å²) < 4.78 is 20.5. The van der Waals surface area contributed by atoms with Crippen LogP contribution >= 0.6 is 11.3 Å². The minimum absolute atomic E-state index is 0.194. The van der Waals surface area contributed by atoms with E-state index in [9.17, 15) is 14.0 Å². The zero-order valence-corrected chi connectivity index (χ0v) is 18.0. The van der Waals surface area contributed by atoms with E-state index in [4.69, 9.17) is 4.74 Å². The van der Waals surface area contributed by atoms with Crippen molar-refractivity contribution in [1.29, 1.82) is 0 Å². The van der Waals surface area contributed by atoms with Gasteiger partial charge in [0.15, 0.2) is 0 Å². The van der Waals surface area contributed by atoms with Crippen molar-refractivity contribution in [3.8, 4) is 11.1 Å². The fraction of sp³-hybridized carbons (Fsp3) is 0.174. The van der Waals surface area contributed by atoms with Crippen LogP contribution in [0.25, 0.3) is 16.8 Å². The molecule has 158 valence electrons. The summed E-state index contributed by atoms with van der Waals surface area (Å²) in [7, 11) is 0. The SMILES string of the molecule is CCOC(=O)c1c(NC(=O)c2ccn3cc(C)nc3c2)sc(C)c1-c1ccc(F)cc1. The number of benzene rings is 1. The van der Waals surface area contributed by atoms with Crippen molar-refractivity contribution < 1.29 is 18.7 Å². The first-order valence-electron chi connectivity index (χ1n) is 9.70. The lowest BCUT2D eigenvalue weighted by atomic mass is 10.0. The number of anilines is 1. The molecule has 8 heteroatoms. The second-order valence-corrected chi connectivity index (χ2v) is 8.21. The summed E-state index contributed by atoms with van der Waals surface area (Å²) in [6.07, 6.45) is 3.63. The molecule has 0 spiro atoms. The molecule has 3 heterocycles. The third kappa shape index (κ3) is 4.06. The number of aromatic nitrogens is 2. The topological polar surface area (TPSA) is 72.7 Å². The number of imidazole rings is 1. The number of pyridine rings is 1. The Morgan fingerprint density at radius 1 is 1.19 bits per heavy atom. The number of ether oxygens (including phenoxy) is 1. The molecule has 4 aromatic rings. The number of fused-ring (bicyclic) bond motifs is 1. The highest BCUT2D eigenvalue weighted by Gasteiger charge is 2.26. The molecule has 3 aromatic heterocycles. The number of amides is 1. The molecule has 0 aliphatic rings. The Kier molecular flexibility index (Phi) is 5.56. The van der Waals surface area contributed by atoms with E-state index in [1.807, 2.05) is 24.4 Å². The van der Waals surface area contributed by atoms with E-state index in [1.54, 1.807) is 37.4 Å². The van der Waals surface area contributed by atoms with Crippen molar-refractivity contribution in [2.45, 2.75) is 20.8 Å². The predicted molar refractivity (Wildman–Crippen MR) is 118 cm³/mol. The Hall–Kier alpha value is -3.52. The van der Waals surface area contributed by atoms with Gasteiger partial charge in [-0.25, -0.2) is 14.2 Å². The van der Waals surface area contributed by atoms with Crippen LogP contribution in [0.5, 0.6) is 0 Å². The van der Waals surface area contributed by atoms with Crippen molar-refractivity contribution >= 4 is 33.9 Å². The number of nitrogens with zero attached hydrogens (tertiary/aromatic N) is 2. The van der Waals surface area contributed by atoms with Crippen LogP contribution in [0.15, 0.2) is 48.8 Å². The maximum Gasteiger partial charge on any atom is 0.341 e. The van der Waals surface area contributed by atoms with Gasteiger partial charge in [-0.15, -0.1) is 11.3 Å². The zero-order valence-electron chi connectivity index (χ0n) is 17.2. The van der Waals surface area contributed by atoms with Crippen LogP contribution in [0.2, 0.25) is 0 Å². The van der Waals surface area contributed by atoms with Crippen LogP contribution in [0, 0.1) is 19.7 Å². The minimum Gasteiger partial charge on any atom is -0.462 e. The standard InChI is InChI=1S/C23H20FN3O3S/c1-4-30-23(29)20-19(15-5-7-17(24)8-6-15)14(3)31-22(20)26-21(28)16-9-10-27-12-13(2)25-18(27)11-16/h5-12H,4H2,1-3H3,(H,26,28). The highest BCUT2D eigenvalue weighted by molar-refractivity contribution is 7.17. The molecule has 0 saturated carbocycles. The minimum atomic E-state index is -0.541. The fourth-order valence-corrected chi connectivity index (χ4v) is 4.48. The molecule has 6 nitrogen and oxygen atoms in total. The summed E-state index contributed by atoms with van der Waals surface area (Å²) >= 11 is 1.28. The first kappa shape index (κ1) is 20.7. The summed E-state index contributed by atoms with van der Waals surface area (Å²) in [5, 5.41) is 3.24. The van der Waals surface area contributed by atoms with E-state index in [-0.39, 0.29) is 23.9 Å². The van der Waals surface area contributed by atoms with Gasteiger partial charge in [0, 0.05) is 28.4 Å². The van der Waals surface area contributed by atoms with Crippen LogP contribution < -0.4 is 5.32 Å². The molecule has 0 atom stereocenters. The molecule has 0 saturated heterocycles. The molecule has 1 amide bonds. The van der Waals surface area contributed by atoms with Gasteiger partial charge in [-0.3, -0.25) is 4.79 Å². The summed E-state index contributed by atoms with van der Waals surface area (Å²) in [6, 6.07) is 9.26. The third-order valence-corrected chi connectivity index (χ3v) is 5.79. The average molecular weight is 437 g/mol. The number of halogens is 1. The van der Waals surface area contributed by atoms with Gasteiger partial charge >= 0.3 is 5.97 Å². The van der Waals surface area contributed by atoms with E-state index >= 15 is 0 Å². The second kappa shape index (κ2) is 8.31. The Morgan fingerprint density at radius 2 is 1.94 bits per heavy atom. The quantitative estimate of drug-likeness (QED) is 0.433. The van der Waals surface area contributed by atoms with Crippen LogP contribution in [0.1, 0.15) is 38.2 Å². The monoisotopic (exact) mass is 437 g/mol. The number of nitrogens with one attached hydrogen (secondary N) is 1. The lowest BCUT2D eigenvalue weighted by Gasteiger charge is -2.09. The number of esters is 1. The Balaban J connectivity index is 1.74. The number of hydrogen-bond donors (Lipinski definition) is 1. The Morgan fingerprint density at radius 3 is 2.65 bits per heavy atom. The third-order valence-electron chi connectivity index (χ3n) is 4.77. The van der Waals surface area contributed by atoms with Crippen molar-refractivity contribution in [2.75, 3.05) is 11.9 Å². The molecule has 0 unspecified atom stereocenters. The van der Waals surface area contributed by atoms with Gasteiger partial charge in [-0.05, 0) is 50.6 Å². The van der Waals surface area contributed by atoms with E-state index < -0.39 is 5.97 Å². The zero-order chi connectivity index (χ0) is 22.1. The van der Waals surface area contributed by atoms with Gasteiger partial charge in [0.25, 0.3) is 5.91 Å². The molecule has 0 radical (unpaired) electrons. The van der Waals surface area contributed by atoms with Crippen LogP contribution in [0.4, 0.5) is 9.39 Å². The smallest absolute Gasteiger partial charge is 0.341 e. The highest BCUT2D eigenvalue weighted by Crippen LogP contribution is 2.40. The molecule has 4 rings (SSSR count). The predicted octanol–water partition coefficient (Wildman–Crippen LogP) is 5.25. The molecule has 0 fully saturated rings. The van der Waals surface area contributed by atoms with Gasteiger partial charge < -0.3 is 14.5 Å². The summed E-state index contributed by atoms with van der Waals surface area (Å²) in [5.41, 5.74) is 3.49. The number of carbonyl (C=O) groups is 2. The maximum absolute atomic E-state index is 13.4. The van der Waals surface area contributed by atoms with Crippen LogP contribution in [-0.4, -0.2) is 27.9 Å². The molecule has 1 aromatic carbocycles. The molecule has 1 N–H and O–H groups in total. The molecule has 0 bridgehead atoms. The van der Waals surface area contributed by atoms with E-state index in [0.717, 1.165) is 10.6 Å². The molecule has 0 aliphatic heterocycles. The van der Waals surface area contributed by atoms with Gasteiger partial charge in [-0.1, -0.05) is 12.1 Å². The molecule has 0 aliphatic carbocycles. The fourth-order valence-electron chi connectivity index (χ4n) is 3.42. The van der Waals surface area contributed by atoms with Crippen LogP contribution in [-0.2, 0) is 4.74 Å². The van der Waals surface area contributed by atoms with Crippen LogP contribution in [0.3, 0.4) is 0 Å². The van der Waals surface area contributed by atoms with Gasteiger partial charge in [0.05, 0.1) is 12.3 Å². The van der Waals surface area contributed by atoms with Crippen molar-refractivity contribution in [3.05, 3.63) is 76.3 Å². The second-order valence-electron chi connectivity index (χ2n) is 6.98. The largest absolute Gasteiger partial charge is 0.462 e. The number of rotatable bonds is 5. The lowest BCUT2D eigenvalue weighted by molar-refractivity contribution is 0.0529. The average Bonchev–Trinajstić information content (AvgIpc) is 3.26. The molecular formula is C23H20FN3O3S. The number of thiophene rings is 1. The lowest BCUT2D eigenvalue weighted by Crippen LogP contribution is -2.15. The van der Waals surface area contributed by atoms with Crippen molar-refractivity contribution in [2.24, 2.45) is 0 Å².